The molecule has 4 rings (SSSR count). The van der Waals surface area contributed by atoms with E-state index in [2.05, 4.69) is 32.5 Å². The van der Waals surface area contributed by atoms with Crippen LogP contribution in [0.3, 0.4) is 0 Å². The van der Waals surface area contributed by atoms with Crippen molar-refractivity contribution in [3.8, 4) is 17.6 Å². The average molecular weight is 505 g/mol. The summed E-state index contributed by atoms with van der Waals surface area (Å²) in [6, 6.07) is 13.0. The molecule has 1 aromatic heterocycles. The van der Waals surface area contributed by atoms with Gasteiger partial charge in [-0.3, -0.25) is 10.2 Å². The molecule has 0 unspecified atom stereocenters. The lowest BCUT2D eigenvalue weighted by atomic mass is 9.93. The molecule has 8 heteroatoms. The second-order valence-electron chi connectivity index (χ2n) is 10.1. The molecule has 0 radical (unpaired) electrons. The average Bonchev–Trinajstić information content (AvgIpc) is 3.34. The molecule has 37 heavy (non-hydrogen) atoms. The molecule has 2 N–H and O–H groups in total. The number of halogens is 1. The van der Waals surface area contributed by atoms with Crippen LogP contribution in [0.1, 0.15) is 56.9 Å². The molecule has 2 heterocycles. The van der Waals surface area contributed by atoms with Gasteiger partial charge in [0, 0.05) is 35.3 Å². The third-order valence-corrected chi connectivity index (χ3v) is 6.04. The zero-order chi connectivity index (χ0) is 26.3. The summed E-state index contributed by atoms with van der Waals surface area (Å²) in [5, 5.41) is 9.25. The summed E-state index contributed by atoms with van der Waals surface area (Å²) >= 11 is 0. The van der Waals surface area contributed by atoms with Crippen LogP contribution in [-0.2, 0) is 5.41 Å². The Bertz CT molecular complexity index is 1260. The highest BCUT2D eigenvalue weighted by Gasteiger charge is 2.20. The van der Waals surface area contributed by atoms with Crippen molar-refractivity contribution < 1.29 is 18.4 Å². The van der Waals surface area contributed by atoms with Crippen LogP contribution in [0.5, 0.6) is 5.75 Å². The highest BCUT2D eigenvalue weighted by molar-refractivity contribution is 5.99. The monoisotopic (exact) mass is 504 g/mol. The second-order valence-corrected chi connectivity index (χ2v) is 10.1. The lowest BCUT2D eigenvalue weighted by Gasteiger charge is -2.26. The van der Waals surface area contributed by atoms with Crippen molar-refractivity contribution in [1.82, 2.24) is 10.1 Å². The molecule has 0 bridgehead atoms. The number of likely N-dealkylation sites (tertiary alicyclic amines) is 1. The fourth-order valence-corrected chi connectivity index (χ4v) is 3.91. The van der Waals surface area contributed by atoms with Crippen molar-refractivity contribution in [3.63, 3.8) is 0 Å². The number of anilines is 2. The number of carbonyl (C=O) groups is 1. The molecule has 0 atom stereocenters. The third kappa shape index (κ3) is 7.83. The fraction of sp³-hybridized carbons (Fsp3) is 0.379. The summed E-state index contributed by atoms with van der Waals surface area (Å²) < 4.78 is 25.5. The molecular formula is C29H33FN4O3. The van der Waals surface area contributed by atoms with E-state index in [0.29, 0.717) is 40.7 Å². The molecule has 2 amide bonds. The third-order valence-electron chi connectivity index (χ3n) is 6.04. The van der Waals surface area contributed by atoms with Gasteiger partial charge in [-0.15, -0.1) is 0 Å². The predicted octanol–water partition coefficient (Wildman–Crippen LogP) is 6.02. The number of aromatic nitrogens is 1. The zero-order valence-corrected chi connectivity index (χ0v) is 21.6. The van der Waals surface area contributed by atoms with E-state index in [1.807, 2.05) is 20.8 Å². The Balaban J connectivity index is 1.27. The Morgan fingerprint density at radius 1 is 1.05 bits per heavy atom. The molecule has 0 spiro atoms. The summed E-state index contributed by atoms with van der Waals surface area (Å²) in [5.41, 5.74) is 1.37. The van der Waals surface area contributed by atoms with Crippen LogP contribution in [0, 0.1) is 17.7 Å². The van der Waals surface area contributed by atoms with Crippen molar-refractivity contribution in [3.05, 3.63) is 71.2 Å². The number of benzene rings is 2. The minimum absolute atomic E-state index is 0.203. The molecule has 0 saturated carbocycles. The first-order valence-corrected chi connectivity index (χ1v) is 12.6. The second kappa shape index (κ2) is 11.9. The van der Waals surface area contributed by atoms with Crippen LogP contribution in [0.25, 0.3) is 0 Å². The number of ether oxygens (including phenoxy) is 1. The van der Waals surface area contributed by atoms with Crippen molar-refractivity contribution in [1.29, 1.82) is 0 Å². The number of carbonyl (C=O) groups excluding carboxylic acids is 1. The summed E-state index contributed by atoms with van der Waals surface area (Å²) in [6.45, 7) is 9.61. The van der Waals surface area contributed by atoms with E-state index in [1.165, 1.54) is 25.3 Å². The van der Waals surface area contributed by atoms with Gasteiger partial charge in [-0.1, -0.05) is 44.2 Å². The maximum absolute atomic E-state index is 14.5. The Labute approximate surface area is 217 Å². The van der Waals surface area contributed by atoms with Gasteiger partial charge in [0.25, 0.3) is 0 Å². The molecule has 7 nitrogen and oxygen atoms in total. The van der Waals surface area contributed by atoms with E-state index in [4.69, 9.17) is 9.26 Å². The molecule has 1 aliphatic heterocycles. The highest BCUT2D eigenvalue weighted by atomic mass is 19.1. The topological polar surface area (TPSA) is 79.6 Å². The SMILES string of the molecule is CC(C)(C)c1cc(NC(=O)Nc2ccc(C#Cc3ccc(OCCN4CCCCC4)cc3F)cc2)no1. The van der Waals surface area contributed by atoms with Crippen LogP contribution in [0.4, 0.5) is 20.7 Å². The molecule has 1 saturated heterocycles. The first kappa shape index (κ1) is 26.2. The molecule has 2 aromatic carbocycles. The van der Waals surface area contributed by atoms with Crippen molar-refractivity contribution in [2.75, 3.05) is 36.9 Å². The summed E-state index contributed by atoms with van der Waals surface area (Å²) in [7, 11) is 0. The van der Waals surface area contributed by atoms with Gasteiger partial charge in [-0.2, -0.15) is 0 Å². The number of hydrogen-bond acceptors (Lipinski definition) is 5. The number of rotatable bonds is 6. The number of nitrogens with zero attached hydrogens (tertiary/aromatic N) is 2. The van der Waals surface area contributed by atoms with Gasteiger partial charge in [-0.25, -0.2) is 9.18 Å². The predicted molar refractivity (Wildman–Crippen MR) is 142 cm³/mol. The minimum atomic E-state index is -0.437. The number of piperidine rings is 1. The van der Waals surface area contributed by atoms with Crippen LogP contribution >= 0.6 is 0 Å². The van der Waals surface area contributed by atoms with Crippen LogP contribution in [0.2, 0.25) is 0 Å². The van der Waals surface area contributed by atoms with Crippen LogP contribution in [0.15, 0.2) is 53.1 Å². The Morgan fingerprint density at radius 3 is 2.49 bits per heavy atom. The van der Waals surface area contributed by atoms with E-state index in [-0.39, 0.29) is 5.41 Å². The fourth-order valence-electron chi connectivity index (χ4n) is 3.91. The van der Waals surface area contributed by atoms with Gasteiger partial charge in [0.15, 0.2) is 5.82 Å². The van der Waals surface area contributed by atoms with Gasteiger partial charge in [-0.05, 0) is 62.3 Å². The van der Waals surface area contributed by atoms with E-state index in [0.717, 1.165) is 19.6 Å². The van der Waals surface area contributed by atoms with Gasteiger partial charge >= 0.3 is 6.03 Å². The Kier molecular flexibility index (Phi) is 8.47. The number of amides is 2. The van der Waals surface area contributed by atoms with Gasteiger partial charge in [0.1, 0.15) is 23.9 Å². The van der Waals surface area contributed by atoms with Gasteiger partial charge in [0.2, 0.25) is 0 Å². The molecule has 1 aliphatic rings. The van der Waals surface area contributed by atoms with E-state index in [9.17, 15) is 9.18 Å². The smallest absolute Gasteiger partial charge is 0.324 e. The number of urea groups is 1. The quantitative estimate of drug-likeness (QED) is 0.401. The first-order valence-electron chi connectivity index (χ1n) is 12.6. The van der Waals surface area contributed by atoms with E-state index in [1.54, 1.807) is 42.5 Å². The summed E-state index contributed by atoms with van der Waals surface area (Å²) in [5.74, 6) is 6.93. The number of hydrogen-bond donors (Lipinski definition) is 2. The zero-order valence-electron chi connectivity index (χ0n) is 21.6. The maximum atomic E-state index is 14.5. The van der Waals surface area contributed by atoms with Crippen molar-refractivity contribution >= 4 is 17.5 Å². The molecule has 194 valence electrons. The molecule has 0 aliphatic carbocycles. The van der Waals surface area contributed by atoms with Crippen molar-refractivity contribution in [2.24, 2.45) is 0 Å². The van der Waals surface area contributed by atoms with Crippen LogP contribution in [-0.4, -0.2) is 42.3 Å². The summed E-state index contributed by atoms with van der Waals surface area (Å²) in [4.78, 5) is 14.6. The minimum Gasteiger partial charge on any atom is -0.492 e. The molecule has 1 fully saturated rings. The number of nitrogens with one attached hydrogen (secondary N) is 2. The lowest BCUT2D eigenvalue weighted by Crippen LogP contribution is -2.33. The normalized spacial score (nSPS) is 13.9. The van der Waals surface area contributed by atoms with Gasteiger partial charge < -0.3 is 14.6 Å². The maximum Gasteiger partial charge on any atom is 0.324 e. The van der Waals surface area contributed by atoms with Crippen molar-refractivity contribution in [2.45, 2.75) is 45.4 Å². The van der Waals surface area contributed by atoms with Crippen LogP contribution < -0.4 is 15.4 Å². The lowest BCUT2D eigenvalue weighted by molar-refractivity contribution is 0.183. The Hall–Kier alpha value is -3.83. The standard InChI is InChI=1S/C29H33FN4O3/c1-29(2,3)26-20-27(33-37-26)32-28(35)31-23-12-8-21(9-13-23)7-10-22-11-14-24(19-25(22)30)36-18-17-34-15-5-4-6-16-34/h8-9,11-14,19-20H,4-6,15-18H2,1-3H3,(H2,31,32,33,35). The molecular weight excluding hydrogens is 471 g/mol. The van der Waals surface area contributed by atoms with Gasteiger partial charge in [0.05, 0.1) is 5.56 Å². The largest absolute Gasteiger partial charge is 0.492 e. The first-order chi connectivity index (χ1) is 17.8. The van der Waals surface area contributed by atoms with E-state index >= 15 is 0 Å². The molecule has 3 aromatic rings. The summed E-state index contributed by atoms with van der Waals surface area (Å²) in [6.07, 6.45) is 3.77. The highest BCUT2D eigenvalue weighted by Crippen LogP contribution is 2.24. The van der Waals surface area contributed by atoms with E-state index < -0.39 is 11.8 Å². The Morgan fingerprint density at radius 2 is 1.81 bits per heavy atom.